The fraction of sp³-hybridized carbons (Fsp3) is 0.154. The fourth-order valence-corrected chi connectivity index (χ4v) is 2.47. The summed E-state index contributed by atoms with van der Waals surface area (Å²) in [4.78, 5) is 20.3. The van der Waals surface area contributed by atoms with Crippen molar-refractivity contribution < 1.29 is 9.18 Å². The molecule has 5 heteroatoms. The first-order valence-electron chi connectivity index (χ1n) is 5.33. The first-order chi connectivity index (χ1) is 8.58. The molecule has 0 saturated carbocycles. The van der Waals surface area contributed by atoms with Crippen LogP contribution in [0.4, 0.5) is 4.39 Å². The van der Waals surface area contributed by atoms with Crippen molar-refractivity contribution in [2.45, 2.75) is 23.8 Å². The molecule has 0 unspecified atom stereocenters. The molecule has 1 aromatic heterocycles. The largest absolute Gasteiger partial charge is 0.294 e. The Balaban J connectivity index is 2.43. The Morgan fingerprint density at radius 2 is 2.11 bits per heavy atom. The number of halogens is 1. The minimum atomic E-state index is -0.372. The van der Waals surface area contributed by atoms with E-state index in [1.807, 2.05) is 0 Å². The van der Waals surface area contributed by atoms with E-state index in [1.54, 1.807) is 31.6 Å². The van der Waals surface area contributed by atoms with E-state index in [9.17, 15) is 9.18 Å². The number of nitrogens with zero attached hydrogens (tertiary/aromatic N) is 2. The lowest BCUT2D eigenvalue weighted by Crippen LogP contribution is -1.98. The first kappa shape index (κ1) is 12.7. The van der Waals surface area contributed by atoms with Crippen molar-refractivity contribution >= 4 is 17.5 Å². The first-order valence-corrected chi connectivity index (χ1v) is 6.14. The number of Topliss-reactive ketones (excluding diaryl/α,β-unsaturated/α-hetero) is 1. The van der Waals surface area contributed by atoms with Crippen molar-refractivity contribution in [3.8, 4) is 0 Å². The Labute approximate surface area is 108 Å². The van der Waals surface area contributed by atoms with Crippen LogP contribution in [0.3, 0.4) is 0 Å². The molecule has 0 amide bonds. The van der Waals surface area contributed by atoms with Gasteiger partial charge in [0, 0.05) is 22.9 Å². The van der Waals surface area contributed by atoms with Gasteiger partial charge in [-0.2, -0.15) is 0 Å². The summed E-state index contributed by atoms with van der Waals surface area (Å²) in [6, 6.07) is 2.93. The zero-order valence-corrected chi connectivity index (χ0v) is 10.8. The smallest absolute Gasteiger partial charge is 0.161 e. The van der Waals surface area contributed by atoms with Crippen LogP contribution in [0.5, 0.6) is 0 Å². The zero-order valence-electron chi connectivity index (χ0n) is 9.98. The van der Waals surface area contributed by atoms with E-state index >= 15 is 0 Å². The van der Waals surface area contributed by atoms with E-state index in [-0.39, 0.29) is 11.6 Å². The molecule has 18 heavy (non-hydrogen) atoms. The molecule has 0 radical (unpaired) electrons. The van der Waals surface area contributed by atoms with E-state index in [2.05, 4.69) is 9.97 Å². The maximum atomic E-state index is 13.5. The lowest BCUT2D eigenvalue weighted by molar-refractivity contribution is 0.101. The molecule has 0 aliphatic rings. The highest BCUT2D eigenvalue weighted by molar-refractivity contribution is 7.99. The number of carbonyl (C=O) groups is 1. The summed E-state index contributed by atoms with van der Waals surface area (Å²) in [5, 5.41) is 0.672. The predicted octanol–water partition coefficient (Wildman–Crippen LogP) is 3.28. The second-order valence-electron chi connectivity index (χ2n) is 3.80. The van der Waals surface area contributed by atoms with E-state index in [1.165, 1.54) is 24.8 Å². The lowest BCUT2D eigenvalue weighted by Gasteiger charge is -2.08. The van der Waals surface area contributed by atoms with Crippen LogP contribution in [0.1, 0.15) is 22.8 Å². The molecule has 2 aromatic rings. The molecule has 2 rings (SSSR count). The van der Waals surface area contributed by atoms with Crippen molar-refractivity contribution in [1.82, 2.24) is 9.97 Å². The van der Waals surface area contributed by atoms with E-state index in [0.29, 0.717) is 21.0 Å². The van der Waals surface area contributed by atoms with Gasteiger partial charge in [-0.05, 0) is 31.5 Å². The van der Waals surface area contributed by atoms with Crippen molar-refractivity contribution in [2.24, 2.45) is 0 Å². The maximum absolute atomic E-state index is 13.5. The van der Waals surface area contributed by atoms with Gasteiger partial charge < -0.3 is 0 Å². The Morgan fingerprint density at radius 3 is 2.72 bits per heavy atom. The summed E-state index contributed by atoms with van der Waals surface area (Å²) in [6.07, 6.45) is 4.76. The number of aromatic nitrogens is 2. The third kappa shape index (κ3) is 2.73. The summed E-state index contributed by atoms with van der Waals surface area (Å²) in [5.74, 6) is -0.538. The highest BCUT2D eigenvalue weighted by atomic mass is 32.2. The molecule has 1 heterocycles. The fourth-order valence-electron chi connectivity index (χ4n) is 1.47. The van der Waals surface area contributed by atoms with Crippen LogP contribution in [-0.2, 0) is 0 Å². The topological polar surface area (TPSA) is 42.9 Å². The molecule has 0 saturated heterocycles. The highest BCUT2D eigenvalue weighted by Crippen LogP contribution is 2.30. The van der Waals surface area contributed by atoms with E-state index < -0.39 is 0 Å². The number of ketones is 1. The maximum Gasteiger partial charge on any atom is 0.161 e. The van der Waals surface area contributed by atoms with Gasteiger partial charge in [0.25, 0.3) is 0 Å². The standard InChI is InChI=1S/C13H11FN2OS/c1-8-5-12(10(9(2)17)6-11(8)14)18-13-7-15-3-4-16-13/h3-7H,1-2H3. The van der Waals surface area contributed by atoms with Crippen molar-refractivity contribution in [3.05, 3.63) is 47.7 Å². The molecule has 0 spiro atoms. The van der Waals surface area contributed by atoms with Crippen molar-refractivity contribution in [3.63, 3.8) is 0 Å². The minimum Gasteiger partial charge on any atom is -0.294 e. The van der Waals surface area contributed by atoms with Crippen LogP contribution in [-0.4, -0.2) is 15.8 Å². The summed E-state index contributed by atoms with van der Waals surface area (Å²) in [7, 11) is 0. The lowest BCUT2D eigenvalue weighted by atomic mass is 10.1. The number of carbonyl (C=O) groups excluding carboxylic acids is 1. The average Bonchev–Trinajstić information content (AvgIpc) is 2.34. The molecule has 0 N–H and O–H groups in total. The number of hydrogen-bond donors (Lipinski definition) is 0. The quantitative estimate of drug-likeness (QED) is 0.796. The van der Waals surface area contributed by atoms with Gasteiger partial charge >= 0.3 is 0 Å². The van der Waals surface area contributed by atoms with Gasteiger partial charge in [-0.15, -0.1) is 0 Å². The number of hydrogen-bond acceptors (Lipinski definition) is 4. The van der Waals surface area contributed by atoms with Gasteiger partial charge in [-0.1, -0.05) is 11.8 Å². The van der Waals surface area contributed by atoms with Gasteiger partial charge in [-0.3, -0.25) is 9.78 Å². The number of benzene rings is 1. The molecule has 0 bridgehead atoms. The predicted molar refractivity (Wildman–Crippen MR) is 67.3 cm³/mol. The van der Waals surface area contributed by atoms with Crippen LogP contribution < -0.4 is 0 Å². The highest BCUT2D eigenvalue weighted by Gasteiger charge is 2.12. The molecule has 0 fully saturated rings. The third-order valence-corrected chi connectivity index (χ3v) is 3.37. The van der Waals surface area contributed by atoms with E-state index in [4.69, 9.17) is 0 Å². The Morgan fingerprint density at radius 1 is 1.33 bits per heavy atom. The molecular weight excluding hydrogens is 251 g/mol. The van der Waals surface area contributed by atoms with Crippen LogP contribution in [0.2, 0.25) is 0 Å². The summed E-state index contributed by atoms with van der Waals surface area (Å²) in [5.41, 5.74) is 0.875. The molecule has 0 aliphatic carbocycles. The average molecular weight is 262 g/mol. The zero-order chi connectivity index (χ0) is 13.1. The normalized spacial score (nSPS) is 10.4. The van der Waals surface area contributed by atoms with Gasteiger partial charge in [0.2, 0.25) is 0 Å². The van der Waals surface area contributed by atoms with Gasteiger partial charge in [-0.25, -0.2) is 9.37 Å². The molecule has 0 atom stereocenters. The van der Waals surface area contributed by atoms with Crippen LogP contribution in [0, 0.1) is 12.7 Å². The van der Waals surface area contributed by atoms with Crippen LogP contribution >= 0.6 is 11.8 Å². The Bertz CT molecular complexity index is 587. The minimum absolute atomic E-state index is 0.166. The molecular formula is C13H11FN2OS. The van der Waals surface area contributed by atoms with Crippen LogP contribution in [0.15, 0.2) is 40.6 Å². The second-order valence-corrected chi connectivity index (χ2v) is 4.86. The van der Waals surface area contributed by atoms with E-state index in [0.717, 1.165) is 0 Å². The van der Waals surface area contributed by atoms with Gasteiger partial charge in [0.05, 0.1) is 6.20 Å². The summed E-state index contributed by atoms with van der Waals surface area (Å²) in [6.45, 7) is 3.09. The SMILES string of the molecule is CC(=O)c1cc(F)c(C)cc1Sc1cnccn1. The number of rotatable bonds is 3. The molecule has 0 aliphatic heterocycles. The molecule has 92 valence electrons. The third-order valence-electron chi connectivity index (χ3n) is 2.39. The second kappa shape index (κ2) is 5.27. The summed E-state index contributed by atoms with van der Waals surface area (Å²) < 4.78 is 13.5. The molecule has 1 aromatic carbocycles. The molecule has 3 nitrogen and oxygen atoms in total. The van der Waals surface area contributed by atoms with Gasteiger partial charge in [0.15, 0.2) is 5.78 Å². The van der Waals surface area contributed by atoms with Gasteiger partial charge in [0.1, 0.15) is 10.8 Å². The van der Waals surface area contributed by atoms with Crippen molar-refractivity contribution in [1.29, 1.82) is 0 Å². The van der Waals surface area contributed by atoms with Crippen molar-refractivity contribution in [2.75, 3.05) is 0 Å². The Hall–Kier alpha value is -1.75. The Kier molecular flexibility index (Phi) is 3.72. The summed E-state index contributed by atoms with van der Waals surface area (Å²) >= 11 is 1.30. The monoisotopic (exact) mass is 262 g/mol. The number of aryl methyl sites for hydroxylation is 1. The van der Waals surface area contributed by atoms with Crippen LogP contribution in [0.25, 0.3) is 0 Å².